The van der Waals surface area contributed by atoms with E-state index in [4.69, 9.17) is 0 Å². The molecule has 0 aliphatic heterocycles. The fourth-order valence-corrected chi connectivity index (χ4v) is 3.37. The normalized spacial score (nSPS) is 26.9. The van der Waals surface area contributed by atoms with E-state index in [0.717, 1.165) is 17.3 Å². The van der Waals surface area contributed by atoms with Crippen LogP contribution in [0.2, 0.25) is 0 Å². The largest absolute Gasteiger partial charge is 0.299 e. The molecule has 1 aromatic carbocycles. The molecular weight excluding hydrogens is 316 g/mol. The van der Waals surface area contributed by atoms with Gasteiger partial charge in [-0.2, -0.15) is 0 Å². The lowest BCUT2D eigenvalue weighted by Gasteiger charge is -2.34. The zero-order valence-electron chi connectivity index (χ0n) is 12.2. The van der Waals surface area contributed by atoms with Crippen molar-refractivity contribution in [3.05, 3.63) is 34.3 Å². The Morgan fingerprint density at radius 3 is 2.35 bits per heavy atom. The Morgan fingerprint density at radius 1 is 1.20 bits per heavy atom. The molecule has 20 heavy (non-hydrogen) atoms. The lowest BCUT2D eigenvalue weighted by molar-refractivity contribution is -0.130. The first kappa shape index (κ1) is 15.4. The molecule has 0 amide bonds. The smallest absolute Gasteiger partial charge is 0.173 e. The van der Waals surface area contributed by atoms with E-state index in [-0.39, 0.29) is 23.4 Å². The minimum absolute atomic E-state index is 0.0136. The number of rotatable bonds is 3. The van der Waals surface area contributed by atoms with Gasteiger partial charge in [0.05, 0.1) is 5.92 Å². The van der Waals surface area contributed by atoms with Crippen LogP contribution >= 0.6 is 15.9 Å². The summed E-state index contributed by atoms with van der Waals surface area (Å²) in [6.07, 6.45) is 1.88. The average Bonchev–Trinajstić information content (AvgIpc) is 2.38. The van der Waals surface area contributed by atoms with Gasteiger partial charge in [0.25, 0.3) is 0 Å². The van der Waals surface area contributed by atoms with Crippen LogP contribution in [0.4, 0.5) is 0 Å². The van der Waals surface area contributed by atoms with Crippen LogP contribution in [0.1, 0.15) is 44.0 Å². The van der Waals surface area contributed by atoms with Crippen molar-refractivity contribution in [2.75, 3.05) is 0 Å². The summed E-state index contributed by atoms with van der Waals surface area (Å²) in [5, 5.41) is 0. The number of carbonyl (C=O) groups is 2. The second kappa shape index (κ2) is 6.21. The first-order chi connectivity index (χ1) is 9.41. The maximum atomic E-state index is 12.7. The maximum absolute atomic E-state index is 12.7. The molecule has 0 bridgehead atoms. The molecular formula is C17H21BrO2. The average molecular weight is 337 g/mol. The molecule has 1 saturated carbocycles. The molecule has 1 aromatic rings. The van der Waals surface area contributed by atoms with Crippen LogP contribution in [0.5, 0.6) is 0 Å². The Bertz CT molecular complexity index is 504. The standard InChI is InChI=1S/C17H21BrO2/c1-10(2)14-9-4-11(3)15(17(14)20)16(19)12-5-7-13(18)8-6-12/h5-8,10-11,14-15H,4,9H2,1-3H3. The minimum atomic E-state index is -0.461. The van der Waals surface area contributed by atoms with E-state index < -0.39 is 5.92 Å². The zero-order valence-corrected chi connectivity index (χ0v) is 13.8. The molecule has 0 saturated heterocycles. The molecule has 0 N–H and O–H groups in total. The Labute approximate surface area is 129 Å². The van der Waals surface area contributed by atoms with E-state index in [1.54, 1.807) is 12.1 Å². The lowest BCUT2D eigenvalue weighted by atomic mass is 9.68. The second-order valence-electron chi connectivity index (χ2n) is 6.16. The molecule has 3 unspecified atom stereocenters. The van der Waals surface area contributed by atoms with Crippen molar-refractivity contribution in [2.24, 2.45) is 23.7 Å². The molecule has 2 rings (SSSR count). The molecule has 3 atom stereocenters. The Morgan fingerprint density at radius 2 is 1.80 bits per heavy atom. The van der Waals surface area contributed by atoms with Crippen molar-refractivity contribution in [3.8, 4) is 0 Å². The first-order valence-corrected chi connectivity index (χ1v) is 8.04. The van der Waals surface area contributed by atoms with E-state index in [1.807, 2.05) is 19.1 Å². The molecule has 108 valence electrons. The monoisotopic (exact) mass is 336 g/mol. The van der Waals surface area contributed by atoms with Gasteiger partial charge < -0.3 is 0 Å². The van der Waals surface area contributed by atoms with E-state index in [2.05, 4.69) is 29.8 Å². The SMILES string of the molecule is CC(C)C1CCC(C)C(C(=O)c2ccc(Br)cc2)C1=O. The van der Waals surface area contributed by atoms with Gasteiger partial charge in [-0.15, -0.1) is 0 Å². The molecule has 0 heterocycles. The van der Waals surface area contributed by atoms with Crippen LogP contribution in [-0.4, -0.2) is 11.6 Å². The highest BCUT2D eigenvalue weighted by molar-refractivity contribution is 9.10. The van der Waals surface area contributed by atoms with E-state index in [0.29, 0.717) is 11.5 Å². The molecule has 0 aromatic heterocycles. The van der Waals surface area contributed by atoms with Crippen molar-refractivity contribution >= 4 is 27.5 Å². The van der Waals surface area contributed by atoms with Crippen LogP contribution in [0.15, 0.2) is 28.7 Å². The maximum Gasteiger partial charge on any atom is 0.173 e. The van der Waals surface area contributed by atoms with Gasteiger partial charge in [0.2, 0.25) is 0 Å². The number of benzene rings is 1. The third kappa shape index (κ3) is 3.03. The van der Waals surface area contributed by atoms with Gasteiger partial charge in [0, 0.05) is 16.0 Å². The first-order valence-electron chi connectivity index (χ1n) is 7.25. The molecule has 0 spiro atoms. The number of hydrogen-bond acceptors (Lipinski definition) is 2. The lowest BCUT2D eigenvalue weighted by Crippen LogP contribution is -2.40. The number of ketones is 2. The van der Waals surface area contributed by atoms with E-state index in [9.17, 15) is 9.59 Å². The number of Topliss-reactive ketones (excluding diaryl/α,β-unsaturated/α-hetero) is 2. The Hall–Kier alpha value is -0.960. The van der Waals surface area contributed by atoms with Gasteiger partial charge in [-0.1, -0.05) is 48.8 Å². The van der Waals surface area contributed by atoms with Crippen LogP contribution in [0.25, 0.3) is 0 Å². The van der Waals surface area contributed by atoms with Gasteiger partial charge >= 0.3 is 0 Å². The van der Waals surface area contributed by atoms with E-state index >= 15 is 0 Å². The summed E-state index contributed by atoms with van der Waals surface area (Å²) in [5.41, 5.74) is 0.641. The summed E-state index contributed by atoms with van der Waals surface area (Å²) in [6.45, 7) is 6.16. The van der Waals surface area contributed by atoms with Gasteiger partial charge in [-0.25, -0.2) is 0 Å². The van der Waals surface area contributed by atoms with Crippen LogP contribution < -0.4 is 0 Å². The summed E-state index contributed by atoms with van der Waals surface area (Å²) in [6, 6.07) is 7.30. The number of hydrogen-bond donors (Lipinski definition) is 0. The van der Waals surface area contributed by atoms with Crippen molar-refractivity contribution in [1.82, 2.24) is 0 Å². The van der Waals surface area contributed by atoms with Crippen molar-refractivity contribution in [2.45, 2.75) is 33.6 Å². The van der Waals surface area contributed by atoms with Crippen LogP contribution in [-0.2, 0) is 4.79 Å². The summed E-state index contributed by atoms with van der Waals surface area (Å²) >= 11 is 3.36. The number of carbonyl (C=O) groups excluding carboxylic acids is 2. The van der Waals surface area contributed by atoms with E-state index in [1.165, 1.54) is 0 Å². The van der Waals surface area contributed by atoms with Crippen molar-refractivity contribution in [1.29, 1.82) is 0 Å². The van der Waals surface area contributed by atoms with Crippen LogP contribution in [0.3, 0.4) is 0 Å². The van der Waals surface area contributed by atoms with Crippen LogP contribution in [0, 0.1) is 23.7 Å². The Kier molecular flexibility index (Phi) is 4.79. The highest BCUT2D eigenvalue weighted by Gasteiger charge is 2.41. The molecule has 2 nitrogen and oxygen atoms in total. The molecule has 1 aliphatic rings. The molecule has 0 radical (unpaired) electrons. The zero-order chi connectivity index (χ0) is 14.9. The number of halogens is 1. The van der Waals surface area contributed by atoms with Gasteiger partial charge in [-0.05, 0) is 36.8 Å². The fourth-order valence-electron chi connectivity index (χ4n) is 3.11. The fraction of sp³-hybridized carbons (Fsp3) is 0.529. The van der Waals surface area contributed by atoms with Gasteiger partial charge in [0.1, 0.15) is 5.78 Å². The summed E-state index contributed by atoms with van der Waals surface area (Å²) in [4.78, 5) is 25.3. The predicted molar refractivity (Wildman–Crippen MR) is 83.7 cm³/mol. The second-order valence-corrected chi connectivity index (χ2v) is 7.07. The quantitative estimate of drug-likeness (QED) is 0.600. The third-order valence-corrected chi connectivity index (χ3v) is 4.92. The predicted octanol–water partition coefficient (Wildman–Crippen LogP) is 4.52. The van der Waals surface area contributed by atoms with Crippen molar-refractivity contribution < 1.29 is 9.59 Å². The molecule has 3 heteroatoms. The van der Waals surface area contributed by atoms with Gasteiger partial charge in [0.15, 0.2) is 5.78 Å². The highest BCUT2D eigenvalue weighted by atomic mass is 79.9. The van der Waals surface area contributed by atoms with Crippen molar-refractivity contribution in [3.63, 3.8) is 0 Å². The Balaban J connectivity index is 2.26. The molecule has 1 fully saturated rings. The minimum Gasteiger partial charge on any atom is -0.299 e. The summed E-state index contributed by atoms with van der Waals surface area (Å²) < 4.78 is 0.942. The molecule has 1 aliphatic carbocycles. The third-order valence-electron chi connectivity index (χ3n) is 4.39. The highest BCUT2D eigenvalue weighted by Crippen LogP contribution is 2.36. The summed E-state index contributed by atoms with van der Waals surface area (Å²) in [5.74, 6) is 0.170. The van der Waals surface area contributed by atoms with Gasteiger partial charge in [-0.3, -0.25) is 9.59 Å². The topological polar surface area (TPSA) is 34.1 Å². The summed E-state index contributed by atoms with van der Waals surface area (Å²) in [7, 11) is 0.